The van der Waals surface area contributed by atoms with Crippen LogP contribution in [0, 0.1) is 0 Å². The molecule has 0 unspecified atom stereocenters. The SMILES string of the molecule is CC(C)(C)OC(=O)N1CCN(c2ccc(Cc3ccc4c5c(cccc35)C(=O)N4)cc2)CC1. The zero-order valence-electron chi connectivity index (χ0n) is 19.4. The second kappa shape index (κ2) is 8.10. The highest BCUT2D eigenvalue weighted by molar-refractivity contribution is 6.24. The minimum atomic E-state index is -0.471. The molecule has 0 saturated carbocycles. The van der Waals surface area contributed by atoms with Gasteiger partial charge in [0.2, 0.25) is 0 Å². The third-order valence-electron chi connectivity index (χ3n) is 6.25. The summed E-state index contributed by atoms with van der Waals surface area (Å²) in [5.74, 6) is -0.0242. The van der Waals surface area contributed by atoms with Gasteiger partial charge < -0.3 is 19.9 Å². The molecule has 2 amide bonds. The van der Waals surface area contributed by atoms with Gasteiger partial charge in [-0.25, -0.2) is 4.79 Å². The van der Waals surface area contributed by atoms with Gasteiger partial charge in [0.25, 0.3) is 5.91 Å². The van der Waals surface area contributed by atoms with E-state index in [0.29, 0.717) is 13.1 Å². The average Bonchev–Trinajstić information content (AvgIpc) is 3.12. The van der Waals surface area contributed by atoms with Crippen molar-refractivity contribution in [1.82, 2.24) is 4.90 Å². The number of anilines is 2. The molecule has 0 aromatic heterocycles. The highest BCUT2D eigenvalue weighted by atomic mass is 16.6. The summed E-state index contributed by atoms with van der Waals surface area (Å²) in [4.78, 5) is 28.6. The van der Waals surface area contributed by atoms with Crippen LogP contribution in [-0.2, 0) is 11.2 Å². The Morgan fingerprint density at radius 1 is 0.970 bits per heavy atom. The first-order chi connectivity index (χ1) is 15.8. The van der Waals surface area contributed by atoms with E-state index in [9.17, 15) is 9.59 Å². The minimum absolute atomic E-state index is 0.0242. The lowest BCUT2D eigenvalue weighted by atomic mass is 9.96. The molecule has 1 fully saturated rings. The number of nitrogens with zero attached hydrogens (tertiary/aromatic N) is 2. The Morgan fingerprint density at radius 3 is 2.39 bits per heavy atom. The summed E-state index contributed by atoms with van der Waals surface area (Å²) < 4.78 is 5.49. The van der Waals surface area contributed by atoms with Crippen LogP contribution >= 0.6 is 0 Å². The second-order valence-electron chi connectivity index (χ2n) is 9.75. The van der Waals surface area contributed by atoms with Crippen molar-refractivity contribution in [3.05, 3.63) is 71.3 Å². The van der Waals surface area contributed by atoms with Gasteiger partial charge in [0.05, 0.1) is 0 Å². The predicted octanol–water partition coefficient (Wildman–Crippen LogP) is 5.05. The molecule has 1 saturated heterocycles. The van der Waals surface area contributed by atoms with Crippen molar-refractivity contribution in [3.8, 4) is 0 Å². The molecule has 2 heterocycles. The first-order valence-corrected chi connectivity index (χ1v) is 11.5. The maximum absolute atomic E-state index is 12.3. The van der Waals surface area contributed by atoms with Crippen molar-refractivity contribution in [1.29, 1.82) is 0 Å². The van der Waals surface area contributed by atoms with Gasteiger partial charge in [-0.2, -0.15) is 0 Å². The van der Waals surface area contributed by atoms with Gasteiger partial charge in [0.1, 0.15) is 5.60 Å². The fourth-order valence-corrected chi connectivity index (χ4v) is 4.62. The van der Waals surface area contributed by atoms with Crippen LogP contribution in [0.2, 0.25) is 0 Å². The molecule has 0 aliphatic carbocycles. The van der Waals surface area contributed by atoms with Crippen LogP contribution in [0.1, 0.15) is 42.3 Å². The highest BCUT2D eigenvalue weighted by Gasteiger charge is 2.26. The Kier molecular flexibility index (Phi) is 5.23. The third-order valence-corrected chi connectivity index (χ3v) is 6.25. The maximum atomic E-state index is 12.3. The molecular formula is C27H29N3O3. The predicted molar refractivity (Wildman–Crippen MR) is 131 cm³/mol. The first-order valence-electron chi connectivity index (χ1n) is 11.5. The summed E-state index contributed by atoms with van der Waals surface area (Å²) >= 11 is 0. The molecule has 2 aliphatic heterocycles. The molecule has 1 N–H and O–H groups in total. The van der Waals surface area contributed by atoms with Gasteiger partial charge in [-0.15, -0.1) is 0 Å². The smallest absolute Gasteiger partial charge is 0.410 e. The van der Waals surface area contributed by atoms with Crippen molar-refractivity contribution in [2.75, 3.05) is 36.4 Å². The van der Waals surface area contributed by atoms with Gasteiger partial charge in [0, 0.05) is 48.5 Å². The van der Waals surface area contributed by atoms with E-state index in [0.717, 1.165) is 47.2 Å². The van der Waals surface area contributed by atoms with E-state index in [4.69, 9.17) is 4.74 Å². The van der Waals surface area contributed by atoms with Gasteiger partial charge in [0.15, 0.2) is 0 Å². The molecule has 6 nitrogen and oxygen atoms in total. The zero-order valence-corrected chi connectivity index (χ0v) is 19.4. The summed E-state index contributed by atoms with van der Waals surface area (Å²) in [6.45, 7) is 8.56. The number of ether oxygens (including phenoxy) is 1. The Bertz CT molecular complexity index is 1220. The average molecular weight is 444 g/mol. The number of piperazine rings is 1. The lowest BCUT2D eigenvalue weighted by Crippen LogP contribution is -2.50. The quantitative estimate of drug-likeness (QED) is 0.615. The van der Waals surface area contributed by atoms with Crippen LogP contribution in [-0.4, -0.2) is 48.7 Å². The number of carbonyl (C=O) groups is 2. The van der Waals surface area contributed by atoms with Gasteiger partial charge in [-0.3, -0.25) is 4.79 Å². The number of rotatable bonds is 3. The Balaban J connectivity index is 1.26. The summed E-state index contributed by atoms with van der Waals surface area (Å²) in [7, 11) is 0. The Hall–Kier alpha value is -3.54. The van der Waals surface area contributed by atoms with E-state index in [1.54, 1.807) is 4.90 Å². The van der Waals surface area contributed by atoms with Crippen molar-refractivity contribution < 1.29 is 14.3 Å². The van der Waals surface area contributed by atoms with Crippen molar-refractivity contribution >= 4 is 34.1 Å². The summed E-state index contributed by atoms with van der Waals surface area (Å²) in [5, 5.41) is 5.11. The molecule has 0 atom stereocenters. The van der Waals surface area contributed by atoms with Crippen molar-refractivity contribution in [2.24, 2.45) is 0 Å². The molecule has 0 bridgehead atoms. The Morgan fingerprint density at radius 2 is 1.70 bits per heavy atom. The monoisotopic (exact) mass is 443 g/mol. The second-order valence-corrected chi connectivity index (χ2v) is 9.75. The van der Waals surface area contributed by atoms with Gasteiger partial charge in [-0.05, 0) is 68.0 Å². The zero-order chi connectivity index (χ0) is 23.2. The Labute approximate surface area is 194 Å². The molecule has 6 heteroatoms. The van der Waals surface area contributed by atoms with Crippen LogP contribution in [0.15, 0.2) is 54.6 Å². The fraction of sp³-hybridized carbons (Fsp3) is 0.333. The van der Waals surface area contributed by atoms with Gasteiger partial charge in [-0.1, -0.05) is 30.3 Å². The molecule has 5 rings (SSSR count). The number of benzene rings is 3. The van der Waals surface area contributed by atoms with E-state index in [1.807, 2.05) is 39.0 Å². The van der Waals surface area contributed by atoms with Crippen molar-refractivity contribution in [3.63, 3.8) is 0 Å². The van der Waals surface area contributed by atoms with E-state index in [-0.39, 0.29) is 12.0 Å². The number of carbonyl (C=O) groups excluding carboxylic acids is 2. The molecule has 3 aromatic carbocycles. The van der Waals surface area contributed by atoms with Crippen molar-refractivity contribution in [2.45, 2.75) is 32.8 Å². The number of hydrogen-bond donors (Lipinski definition) is 1. The van der Waals surface area contributed by atoms with Crippen LogP contribution in [0.3, 0.4) is 0 Å². The molecule has 170 valence electrons. The summed E-state index contributed by atoms with van der Waals surface area (Å²) in [6, 6.07) is 18.7. The van der Waals surface area contributed by atoms with Crippen LogP contribution < -0.4 is 10.2 Å². The van der Waals surface area contributed by atoms with E-state index in [1.165, 1.54) is 11.1 Å². The van der Waals surface area contributed by atoms with E-state index in [2.05, 4.69) is 46.6 Å². The third kappa shape index (κ3) is 4.25. The van der Waals surface area contributed by atoms with Crippen LogP contribution in [0.4, 0.5) is 16.2 Å². The topological polar surface area (TPSA) is 61.9 Å². The minimum Gasteiger partial charge on any atom is -0.444 e. The number of hydrogen-bond acceptors (Lipinski definition) is 4. The molecule has 0 spiro atoms. The molecule has 3 aromatic rings. The number of nitrogens with one attached hydrogen (secondary N) is 1. The standard InChI is InChI=1S/C27H29N3O3/c1-27(2,3)33-26(32)30-15-13-29(14-16-30)20-10-7-18(8-11-20)17-19-9-12-23-24-21(19)5-4-6-22(24)25(31)28-23/h4-12H,13-17H2,1-3H3,(H,28,31). The lowest BCUT2D eigenvalue weighted by molar-refractivity contribution is 0.0240. The van der Waals surface area contributed by atoms with E-state index < -0.39 is 5.60 Å². The molecule has 33 heavy (non-hydrogen) atoms. The lowest BCUT2D eigenvalue weighted by Gasteiger charge is -2.36. The summed E-state index contributed by atoms with van der Waals surface area (Å²) in [5.41, 5.74) is 4.79. The maximum Gasteiger partial charge on any atom is 0.410 e. The highest BCUT2D eigenvalue weighted by Crippen LogP contribution is 2.35. The molecule has 0 radical (unpaired) electrons. The largest absolute Gasteiger partial charge is 0.444 e. The normalized spacial score (nSPS) is 15.7. The molecular weight excluding hydrogens is 414 g/mol. The van der Waals surface area contributed by atoms with Crippen LogP contribution in [0.5, 0.6) is 0 Å². The van der Waals surface area contributed by atoms with Crippen LogP contribution in [0.25, 0.3) is 10.8 Å². The van der Waals surface area contributed by atoms with E-state index >= 15 is 0 Å². The summed E-state index contributed by atoms with van der Waals surface area (Å²) in [6.07, 6.45) is 0.570. The first kappa shape index (κ1) is 21.3. The number of amides is 2. The molecule has 2 aliphatic rings. The fourth-order valence-electron chi connectivity index (χ4n) is 4.62. The van der Waals surface area contributed by atoms with Gasteiger partial charge >= 0.3 is 6.09 Å².